The number of rotatable bonds is 5. The van der Waals surface area contributed by atoms with Crippen molar-refractivity contribution in [1.82, 2.24) is 10.5 Å². The maximum Gasteiger partial charge on any atom is 0.237 e. The van der Waals surface area contributed by atoms with Gasteiger partial charge in [0.2, 0.25) is 5.91 Å². The second-order valence-electron chi connectivity index (χ2n) is 4.38. The minimum absolute atomic E-state index is 0.144. The van der Waals surface area contributed by atoms with Crippen molar-refractivity contribution in [1.29, 1.82) is 0 Å². The molecule has 5 nitrogen and oxygen atoms in total. The quantitative estimate of drug-likeness (QED) is 0.782. The fraction of sp³-hybridized carbons (Fsp3) is 0.636. The van der Waals surface area contributed by atoms with Gasteiger partial charge in [0.1, 0.15) is 11.5 Å². The van der Waals surface area contributed by atoms with E-state index in [0.717, 1.165) is 5.76 Å². The smallest absolute Gasteiger partial charge is 0.237 e. The Morgan fingerprint density at radius 3 is 2.81 bits per heavy atom. The van der Waals surface area contributed by atoms with E-state index in [1.54, 1.807) is 6.07 Å². The van der Waals surface area contributed by atoms with Crippen LogP contribution in [0.4, 0.5) is 0 Å². The molecule has 0 radical (unpaired) electrons. The molecule has 0 aromatic carbocycles. The lowest BCUT2D eigenvalue weighted by atomic mass is 10.0. The Balaban J connectivity index is 2.35. The average molecular weight is 225 g/mol. The number of nitrogens with zero attached hydrogens (tertiary/aromatic N) is 1. The Labute approximate surface area is 95.4 Å². The van der Waals surface area contributed by atoms with Crippen molar-refractivity contribution in [3.05, 3.63) is 17.5 Å². The minimum Gasteiger partial charge on any atom is -0.361 e. The van der Waals surface area contributed by atoms with Crippen LogP contribution in [0.1, 0.15) is 31.7 Å². The van der Waals surface area contributed by atoms with E-state index < -0.39 is 6.04 Å². The first-order valence-electron chi connectivity index (χ1n) is 5.44. The first-order chi connectivity index (χ1) is 7.49. The van der Waals surface area contributed by atoms with Gasteiger partial charge < -0.3 is 15.6 Å². The molecule has 0 aliphatic heterocycles. The van der Waals surface area contributed by atoms with Crippen LogP contribution >= 0.6 is 0 Å². The van der Waals surface area contributed by atoms with Crippen LogP contribution < -0.4 is 11.1 Å². The van der Waals surface area contributed by atoms with Crippen LogP contribution in [-0.2, 0) is 11.3 Å². The first kappa shape index (κ1) is 12.7. The summed E-state index contributed by atoms with van der Waals surface area (Å²) in [7, 11) is 0. The van der Waals surface area contributed by atoms with Gasteiger partial charge in [-0.15, -0.1) is 0 Å². The van der Waals surface area contributed by atoms with Crippen molar-refractivity contribution >= 4 is 5.91 Å². The van der Waals surface area contributed by atoms with Crippen LogP contribution in [0.15, 0.2) is 10.6 Å². The molecule has 3 N–H and O–H groups in total. The minimum atomic E-state index is -0.451. The number of aryl methyl sites for hydroxylation is 1. The highest BCUT2D eigenvalue weighted by Crippen LogP contribution is 2.04. The van der Waals surface area contributed by atoms with Crippen LogP contribution in [0.2, 0.25) is 0 Å². The molecular weight excluding hydrogens is 206 g/mol. The van der Waals surface area contributed by atoms with E-state index in [-0.39, 0.29) is 5.91 Å². The van der Waals surface area contributed by atoms with Crippen LogP contribution in [0.5, 0.6) is 0 Å². The van der Waals surface area contributed by atoms with Gasteiger partial charge in [0.15, 0.2) is 0 Å². The molecule has 1 aromatic rings. The molecule has 5 heteroatoms. The molecular formula is C11H19N3O2. The van der Waals surface area contributed by atoms with Crippen molar-refractivity contribution in [3.63, 3.8) is 0 Å². The average Bonchev–Trinajstić information content (AvgIpc) is 2.59. The van der Waals surface area contributed by atoms with Crippen molar-refractivity contribution in [2.24, 2.45) is 11.7 Å². The Hall–Kier alpha value is -1.36. The van der Waals surface area contributed by atoms with Gasteiger partial charge in [-0.05, 0) is 19.3 Å². The lowest BCUT2D eigenvalue weighted by Crippen LogP contribution is -2.41. The van der Waals surface area contributed by atoms with Crippen LogP contribution in [0.3, 0.4) is 0 Å². The van der Waals surface area contributed by atoms with Crippen LogP contribution in [-0.4, -0.2) is 17.1 Å². The molecule has 1 heterocycles. The van der Waals surface area contributed by atoms with Crippen molar-refractivity contribution in [3.8, 4) is 0 Å². The summed E-state index contributed by atoms with van der Waals surface area (Å²) in [5, 5.41) is 6.51. The third-order valence-electron chi connectivity index (χ3n) is 2.18. The van der Waals surface area contributed by atoms with E-state index >= 15 is 0 Å². The fourth-order valence-electron chi connectivity index (χ4n) is 1.42. The summed E-state index contributed by atoms with van der Waals surface area (Å²) in [4.78, 5) is 11.6. The van der Waals surface area contributed by atoms with Gasteiger partial charge in [0.25, 0.3) is 0 Å². The Morgan fingerprint density at radius 2 is 2.31 bits per heavy atom. The molecule has 0 saturated heterocycles. The molecule has 16 heavy (non-hydrogen) atoms. The standard InChI is InChI=1S/C11H19N3O2/c1-7(2)4-10(12)11(15)13-6-9-5-8(3)16-14-9/h5,7,10H,4,6,12H2,1-3H3,(H,13,15)/t10-/m0/s1. The van der Waals surface area contributed by atoms with Crippen LogP contribution in [0, 0.1) is 12.8 Å². The first-order valence-corrected chi connectivity index (χ1v) is 5.44. The molecule has 0 saturated carbocycles. The number of nitrogens with one attached hydrogen (secondary N) is 1. The molecule has 0 bridgehead atoms. The number of amides is 1. The fourth-order valence-corrected chi connectivity index (χ4v) is 1.42. The highest BCUT2D eigenvalue weighted by atomic mass is 16.5. The molecule has 1 amide bonds. The van der Waals surface area contributed by atoms with Crippen molar-refractivity contribution in [2.45, 2.75) is 39.8 Å². The molecule has 0 fully saturated rings. The summed E-state index contributed by atoms with van der Waals surface area (Å²) in [6.07, 6.45) is 0.684. The summed E-state index contributed by atoms with van der Waals surface area (Å²) in [5.41, 5.74) is 6.44. The normalized spacial score (nSPS) is 12.8. The lowest BCUT2D eigenvalue weighted by Gasteiger charge is -2.13. The molecule has 0 aliphatic carbocycles. The summed E-state index contributed by atoms with van der Waals surface area (Å²) in [5.74, 6) is 1.00. The lowest BCUT2D eigenvalue weighted by molar-refractivity contribution is -0.122. The largest absolute Gasteiger partial charge is 0.361 e. The van der Waals surface area contributed by atoms with Crippen LogP contribution in [0.25, 0.3) is 0 Å². The van der Waals surface area contributed by atoms with E-state index in [4.69, 9.17) is 10.3 Å². The van der Waals surface area contributed by atoms with Gasteiger partial charge in [-0.1, -0.05) is 19.0 Å². The van der Waals surface area contributed by atoms with E-state index in [0.29, 0.717) is 24.6 Å². The molecule has 1 aromatic heterocycles. The molecule has 0 unspecified atom stereocenters. The van der Waals surface area contributed by atoms with E-state index in [9.17, 15) is 4.79 Å². The maximum atomic E-state index is 11.6. The summed E-state index contributed by atoms with van der Waals surface area (Å²) in [6, 6.07) is 1.34. The predicted octanol–water partition coefficient (Wildman–Crippen LogP) is 0.973. The van der Waals surface area contributed by atoms with Gasteiger partial charge in [0, 0.05) is 6.07 Å². The second kappa shape index (κ2) is 5.65. The SMILES string of the molecule is Cc1cc(CNC(=O)[C@@H](N)CC(C)C)no1. The number of hydrogen-bond donors (Lipinski definition) is 2. The summed E-state index contributed by atoms with van der Waals surface area (Å²) in [6.45, 7) is 6.24. The topological polar surface area (TPSA) is 81.2 Å². The zero-order valence-electron chi connectivity index (χ0n) is 9.99. The number of hydrogen-bond acceptors (Lipinski definition) is 4. The number of nitrogens with two attached hydrogens (primary N) is 1. The van der Waals surface area contributed by atoms with Crippen molar-refractivity contribution in [2.75, 3.05) is 0 Å². The van der Waals surface area contributed by atoms with E-state index in [2.05, 4.69) is 10.5 Å². The van der Waals surface area contributed by atoms with E-state index in [1.165, 1.54) is 0 Å². The zero-order valence-corrected chi connectivity index (χ0v) is 9.99. The van der Waals surface area contributed by atoms with Gasteiger partial charge in [0.05, 0.1) is 12.6 Å². The predicted molar refractivity (Wildman–Crippen MR) is 60.5 cm³/mol. The highest BCUT2D eigenvalue weighted by Gasteiger charge is 2.14. The summed E-state index contributed by atoms with van der Waals surface area (Å²) < 4.78 is 4.89. The van der Waals surface area contributed by atoms with Gasteiger partial charge in [-0.3, -0.25) is 4.79 Å². The zero-order chi connectivity index (χ0) is 12.1. The third-order valence-corrected chi connectivity index (χ3v) is 2.18. The van der Waals surface area contributed by atoms with Gasteiger partial charge in [-0.25, -0.2) is 0 Å². The van der Waals surface area contributed by atoms with Crippen molar-refractivity contribution < 1.29 is 9.32 Å². The Bertz CT molecular complexity index is 347. The molecule has 1 atom stereocenters. The van der Waals surface area contributed by atoms with Gasteiger partial charge in [-0.2, -0.15) is 0 Å². The molecule has 0 spiro atoms. The number of carbonyl (C=O) groups excluding carboxylic acids is 1. The molecule has 90 valence electrons. The van der Waals surface area contributed by atoms with E-state index in [1.807, 2.05) is 20.8 Å². The molecule has 0 aliphatic rings. The molecule has 1 rings (SSSR count). The van der Waals surface area contributed by atoms with Gasteiger partial charge >= 0.3 is 0 Å². The monoisotopic (exact) mass is 225 g/mol. The Kier molecular flexibility index (Phi) is 4.49. The number of carbonyl (C=O) groups is 1. The number of aromatic nitrogens is 1. The second-order valence-corrected chi connectivity index (χ2v) is 4.38. The maximum absolute atomic E-state index is 11.6. The highest BCUT2D eigenvalue weighted by molar-refractivity contribution is 5.81. The summed E-state index contributed by atoms with van der Waals surface area (Å²) >= 11 is 0. The third kappa shape index (κ3) is 4.02. The Morgan fingerprint density at radius 1 is 1.62 bits per heavy atom.